The second-order valence-electron chi connectivity index (χ2n) is 4.80. The van der Waals surface area contributed by atoms with Crippen LogP contribution < -0.4 is 0 Å². The SMILES string of the molecule is CC(C)Cc1ccc2cc(C(=O)O)ccc2c1. The van der Waals surface area contributed by atoms with Gasteiger partial charge in [0.2, 0.25) is 0 Å². The maximum Gasteiger partial charge on any atom is 0.335 e. The fourth-order valence-corrected chi connectivity index (χ4v) is 2.03. The summed E-state index contributed by atoms with van der Waals surface area (Å²) in [7, 11) is 0. The Hall–Kier alpha value is -1.83. The van der Waals surface area contributed by atoms with Gasteiger partial charge in [-0.05, 0) is 40.8 Å². The van der Waals surface area contributed by atoms with Gasteiger partial charge in [0.05, 0.1) is 5.56 Å². The average molecular weight is 228 g/mol. The lowest BCUT2D eigenvalue weighted by atomic mass is 9.99. The molecule has 0 aliphatic carbocycles. The predicted octanol–water partition coefficient (Wildman–Crippen LogP) is 3.74. The van der Waals surface area contributed by atoms with E-state index in [-0.39, 0.29) is 0 Å². The first-order valence-corrected chi connectivity index (χ1v) is 5.82. The van der Waals surface area contributed by atoms with Gasteiger partial charge in [-0.1, -0.05) is 38.1 Å². The van der Waals surface area contributed by atoms with E-state index in [4.69, 9.17) is 5.11 Å². The van der Waals surface area contributed by atoms with E-state index >= 15 is 0 Å². The second kappa shape index (κ2) is 4.58. The summed E-state index contributed by atoms with van der Waals surface area (Å²) in [5.74, 6) is -0.246. The lowest BCUT2D eigenvalue weighted by Crippen LogP contribution is -1.96. The van der Waals surface area contributed by atoms with E-state index in [1.54, 1.807) is 12.1 Å². The van der Waals surface area contributed by atoms with Crippen LogP contribution in [0.15, 0.2) is 36.4 Å². The molecule has 0 unspecified atom stereocenters. The van der Waals surface area contributed by atoms with Crippen LogP contribution in [0.3, 0.4) is 0 Å². The van der Waals surface area contributed by atoms with Crippen molar-refractivity contribution in [3.05, 3.63) is 47.5 Å². The number of fused-ring (bicyclic) bond motifs is 1. The van der Waals surface area contributed by atoms with Gasteiger partial charge in [-0.25, -0.2) is 4.79 Å². The van der Waals surface area contributed by atoms with Crippen molar-refractivity contribution in [1.82, 2.24) is 0 Å². The van der Waals surface area contributed by atoms with Gasteiger partial charge in [0.15, 0.2) is 0 Å². The number of hydrogen-bond donors (Lipinski definition) is 1. The molecule has 1 N–H and O–H groups in total. The Labute approximate surface area is 101 Å². The Balaban J connectivity index is 2.43. The van der Waals surface area contributed by atoms with Gasteiger partial charge >= 0.3 is 5.97 Å². The molecule has 2 aromatic carbocycles. The predicted molar refractivity (Wildman–Crippen MR) is 69.4 cm³/mol. The fourth-order valence-electron chi connectivity index (χ4n) is 2.03. The first kappa shape index (κ1) is 11.6. The van der Waals surface area contributed by atoms with E-state index in [0.29, 0.717) is 11.5 Å². The topological polar surface area (TPSA) is 37.3 Å². The van der Waals surface area contributed by atoms with Crippen LogP contribution in [0.5, 0.6) is 0 Å². The van der Waals surface area contributed by atoms with E-state index in [2.05, 4.69) is 26.0 Å². The zero-order valence-electron chi connectivity index (χ0n) is 10.1. The first-order valence-electron chi connectivity index (χ1n) is 5.82. The van der Waals surface area contributed by atoms with Crippen LogP contribution in [-0.4, -0.2) is 11.1 Å². The summed E-state index contributed by atoms with van der Waals surface area (Å²) in [5, 5.41) is 11.0. The van der Waals surface area contributed by atoms with Gasteiger partial charge in [-0.2, -0.15) is 0 Å². The molecule has 0 saturated carbocycles. The monoisotopic (exact) mass is 228 g/mol. The van der Waals surface area contributed by atoms with Crippen LogP contribution in [0.1, 0.15) is 29.8 Å². The third-order valence-corrected chi connectivity index (χ3v) is 2.80. The Bertz CT molecular complexity index is 556. The molecule has 2 heteroatoms. The van der Waals surface area contributed by atoms with Gasteiger partial charge in [0.1, 0.15) is 0 Å². The van der Waals surface area contributed by atoms with Gasteiger partial charge < -0.3 is 5.11 Å². The molecule has 0 radical (unpaired) electrons. The maximum absolute atomic E-state index is 10.9. The number of rotatable bonds is 3. The molecular formula is C15H16O2. The van der Waals surface area contributed by atoms with Crippen molar-refractivity contribution < 1.29 is 9.90 Å². The largest absolute Gasteiger partial charge is 0.478 e. The zero-order valence-corrected chi connectivity index (χ0v) is 10.1. The quantitative estimate of drug-likeness (QED) is 0.869. The molecule has 0 saturated heterocycles. The Morgan fingerprint density at radius 1 is 1.12 bits per heavy atom. The number of carbonyl (C=O) groups is 1. The van der Waals surface area contributed by atoms with Crippen molar-refractivity contribution in [2.24, 2.45) is 5.92 Å². The minimum Gasteiger partial charge on any atom is -0.478 e. The molecule has 2 nitrogen and oxygen atoms in total. The van der Waals surface area contributed by atoms with Gasteiger partial charge in [0.25, 0.3) is 0 Å². The fraction of sp³-hybridized carbons (Fsp3) is 0.267. The molecule has 0 aliphatic heterocycles. The van der Waals surface area contributed by atoms with Crippen LogP contribution in [-0.2, 0) is 6.42 Å². The van der Waals surface area contributed by atoms with Crippen molar-refractivity contribution in [3.63, 3.8) is 0 Å². The van der Waals surface area contributed by atoms with Crippen molar-refractivity contribution in [2.45, 2.75) is 20.3 Å². The minimum atomic E-state index is -0.877. The van der Waals surface area contributed by atoms with Gasteiger partial charge in [-0.15, -0.1) is 0 Å². The molecule has 2 rings (SSSR count). The average Bonchev–Trinajstić information content (AvgIpc) is 2.27. The first-order chi connectivity index (χ1) is 8.06. The highest BCUT2D eigenvalue weighted by molar-refractivity contribution is 5.94. The standard InChI is InChI=1S/C15H16O2/c1-10(2)7-11-3-4-13-9-14(15(16)17)6-5-12(13)8-11/h3-6,8-10H,7H2,1-2H3,(H,16,17). The summed E-state index contributed by atoms with van der Waals surface area (Å²) in [6, 6.07) is 11.5. The van der Waals surface area contributed by atoms with E-state index in [9.17, 15) is 4.79 Å². The second-order valence-corrected chi connectivity index (χ2v) is 4.80. The third-order valence-electron chi connectivity index (χ3n) is 2.80. The Morgan fingerprint density at radius 2 is 1.76 bits per heavy atom. The van der Waals surface area contributed by atoms with Crippen LogP contribution in [0.4, 0.5) is 0 Å². The van der Waals surface area contributed by atoms with Crippen LogP contribution in [0, 0.1) is 5.92 Å². The van der Waals surface area contributed by atoms with E-state index in [0.717, 1.165) is 17.2 Å². The molecule has 0 fully saturated rings. The van der Waals surface area contributed by atoms with Gasteiger partial charge in [0, 0.05) is 0 Å². The minimum absolute atomic E-state index is 0.342. The van der Waals surface area contributed by atoms with Crippen molar-refractivity contribution in [3.8, 4) is 0 Å². The highest BCUT2D eigenvalue weighted by Gasteiger charge is 2.04. The number of benzene rings is 2. The number of carboxylic acids is 1. The van der Waals surface area contributed by atoms with Crippen molar-refractivity contribution in [2.75, 3.05) is 0 Å². The van der Waals surface area contributed by atoms with Crippen LogP contribution in [0.2, 0.25) is 0 Å². The van der Waals surface area contributed by atoms with Crippen molar-refractivity contribution >= 4 is 16.7 Å². The lowest BCUT2D eigenvalue weighted by Gasteiger charge is -2.07. The molecule has 0 aromatic heterocycles. The van der Waals surface area contributed by atoms with Crippen molar-refractivity contribution in [1.29, 1.82) is 0 Å². The Morgan fingerprint density at radius 3 is 2.41 bits per heavy atom. The summed E-state index contributed by atoms with van der Waals surface area (Å²) in [6.07, 6.45) is 1.05. The summed E-state index contributed by atoms with van der Waals surface area (Å²) in [5.41, 5.74) is 1.64. The summed E-state index contributed by atoms with van der Waals surface area (Å²) >= 11 is 0. The molecule has 0 heterocycles. The molecule has 17 heavy (non-hydrogen) atoms. The maximum atomic E-state index is 10.9. The molecule has 0 amide bonds. The molecule has 2 aromatic rings. The molecule has 0 bridgehead atoms. The zero-order chi connectivity index (χ0) is 12.4. The normalized spacial score (nSPS) is 11.0. The number of carboxylic acid groups (broad SMARTS) is 1. The Kier molecular flexibility index (Phi) is 3.14. The molecule has 0 aliphatic rings. The number of aromatic carboxylic acids is 1. The smallest absolute Gasteiger partial charge is 0.335 e. The lowest BCUT2D eigenvalue weighted by molar-refractivity contribution is 0.0697. The van der Waals surface area contributed by atoms with Gasteiger partial charge in [-0.3, -0.25) is 0 Å². The van der Waals surface area contributed by atoms with E-state index < -0.39 is 5.97 Å². The molecule has 0 atom stereocenters. The molecule has 0 spiro atoms. The van der Waals surface area contributed by atoms with E-state index in [1.807, 2.05) is 12.1 Å². The third kappa shape index (κ3) is 2.64. The summed E-state index contributed by atoms with van der Waals surface area (Å²) < 4.78 is 0. The highest BCUT2D eigenvalue weighted by Crippen LogP contribution is 2.19. The summed E-state index contributed by atoms with van der Waals surface area (Å²) in [4.78, 5) is 10.9. The van der Waals surface area contributed by atoms with Crippen LogP contribution in [0.25, 0.3) is 10.8 Å². The molecular weight excluding hydrogens is 212 g/mol. The van der Waals surface area contributed by atoms with Crippen LogP contribution >= 0.6 is 0 Å². The van der Waals surface area contributed by atoms with E-state index in [1.165, 1.54) is 5.56 Å². The summed E-state index contributed by atoms with van der Waals surface area (Å²) in [6.45, 7) is 4.38. The molecule has 88 valence electrons. The number of hydrogen-bond acceptors (Lipinski definition) is 1. The highest BCUT2D eigenvalue weighted by atomic mass is 16.4.